The van der Waals surface area contributed by atoms with Gasteiger partial charge < -0.3 is 10.2 Å². The highest BCUT2D eigenvalue weighted by atomic mass is 35.5. The summed E-state index contributed by atoms with van der Waals surface area (Å²) in [5.41, 5.74) is 1.75. The molecule has 0 unspecified atom stereocenters. The van der Waals surface area contributed by atoms with Gasteiger partial charge in [0.05, 0.1) is 15.1 Å². The van der Waals surface area contributed by atoms with Crippen LogP contribution in [0.5, 0.6) is 0 Å². The van der Waals surface area contributed by atoms with E-state index in [2.05, 4.69) is 27.2 Å². The first-order valence-corrected chi connectivity index (χ1v) is 10.6. The summed E-state index contributed by atoms with van der Waals surface area (Å²) in [4.78, 5) is 16.9. The zero-order chi connectivity index (χ0) is 20.1. The molecule has 1 saturated heterocycles. The second kappa shape index (κ2) is 10.0. The number of nitrogens with zero attached hydrogens (tertiary/aromatic N) is 2. The lowest BCUT2D eigenvalue weighted by molar-refractivity contribution is -0.116. The smallest absolute Gasteiger partial charge is 0.224 e. The van der Waals surface area contributed by atoms with Crippen LogP contribution in [0.4, 0.5) is 11.4 Å². The fourth-order valence-electron chi connectivity index (χ4n) is 3.20. The molecule has 28 heavy (non-hydrogen) atoms. The van der Waals surface area contributed by atoms with E-state index in [1.165, 1.54) is 5.69 Å². The topological polar surface area (TPSA) is 35.6 Å². The molecule has 1 aliphatic heterocycles. The molecule has 1 aliphatic rings. The van der Waals surface area contributed by atoms with Crippen molar-refractivity contribution in [2.24, 2.45) is 0 Å². The minimum atomic E-state index is -0.0609. The van der Waals surface area contributed by atoms with Gasteiger partial charge in [-0.2, -0.15) is 0 Å². The van der Waals surface area contributed by atoms with Gasteiger partial charge in [-0.15, -0.1) is 0 Å². The molecule has 0 atom stereocenters. The number of hydrogen-bond donors (Lipinski definition) is 1. The van der Waals surface area contributed by atoms with Crippen LogP contribution in [0.25, 0.3) is 0 Å². The van der Waals surface area contributed by atoms with Crippen molar-refractivity contribution in [2.45, 2.75) is 12.8 Å². The number of benzene rings is 2. The Morgan fingerprint density at radius 2 is 1.54 bits per heavy atom. The van der Waals surface area contributed by atoms with Crippen LogP contribution in [0, 0.1) is 0 Å². The van der Waals surface area contributed by atoms with Crippen LogP contribution in [0.1, 0.15) is 12.8 Å². The fourth-order valence-corrected chi connectivity index (χ4v) is 3.92. The van der Waals surface area contributed by atoms with Gasteiger partial charge in [-0.3, -0.25) is 9.69 Å². The van der Waals surface area contributed by atoms with Crippen LogP contribution in [0.15, 0.2) is 36.4 Å². The van der Waals surface area contributed by atoms with E-state index in [1.54, 1.807) is 12.1 Å². The van der Waals surface area contributed by atoms with E-state index in [0.29, 0.717) is 27.2 Å². The van der Waals surface area contributed by atoms with Crippen molar-refractivity contribution in [2.75, 3.05) is 42.9 Å². The highest BCUT2D eigenvalue weighted by Crippen LogP contribution is 2.33. The zero-order valence-electron chi connectivity index (χ0n) is 15.2. The van der Waals surface area contributed by atoms with Gasteiger partial charge >= 0.3 is 0 Å². The molecule has 2 aromatic carbocycles. The van der Waals surface area contributed by atoms with Gasteiger partial charge in [0.2, 0.25) is 5.91 Å². The number of rotatable bonds is 6. The summed E-state index contributed by atoms with van der Waals surface area (Å²) in [6, 6.07) is 11.1. The van der Waals surface area contributed by atoms with E-state index >= 15 is 0 Å². The van der Waals surface area contributed by atoms with Gasteiger partial charge in [-0.25, -0.2) is 0 Å². The third kappa shape index (κ3) is 5.91. The lowest BCUT2D eigenvalue weighted by Crippen LogP contribution is -2.46. The van der Waals surface area contributed by atoms with Crippen molar-refractivity contribution in [3.63, 3.8) is 0 Å². The SMILES string of the molecule is O=C(CCCN1CCN(c2ccc(Cl)cc2)CC1)Nc1cc(Cl)c(Cl)c(Cl)c1. The van der Waals surface area contributed by atoms with Crippen molar-refractivity contribution in [3.05, 3.63) is 56.5 Å². The van der Waals surface area contributed by atoms with Gasteiger partial charge in [-0.1, -0.05) is 46.4 Å². The molecule has 0 aliphatic carbocycles. The Balaban J connectivity index is 1.39. The van der Waals surface area contributed by atoms with Crippen LogP contribution in [0.2, 0.25) is 20.1 Å². The lowest BCUT2D eigenvalue weighted by atomic mass is 10.2. The molecule has 1 N–H and O–H groups in total. The summed E-state index contributed by atoms with van der Waals surface area (Å²) in [7, 11) is 0. The highest BCUT2D eigenvalue weighted by Gasteiger charge is 2.17. The van der Waals surface area contributed by atoms with E-state index in [-0.39, 0.29) is 5.91 Å². The van der Waals surface area contributed by atoms with Crippen LogP contribution in [0.3, 0.4) is 0 Å². The second-order valence-corrected chi connectivity index (χ2v) is 8.34. The van der Waals surface area contributed by atoms with Crippen LogP contribution in [-0.2, 0) is 4.79 Å². The Morgan fingerprint density at radius 3 is 2.14 bits per heavy atom. The van der Waals surface area contributed by atoms with Crippen molar-refractivity contribution in [1.82, 2.24) is 4.90 Å². The first-order chi connectivity index (χ1) is 13.4. The summed E-state index contributed by atoms with van der Waals surface area (Å²) in [5, 5.41) is 4.51. The average Bonchev–Trinajstić information content (AvgIpc) is 2.67. The summed E-state index contributed by atoms with van der Waals surface area (Å²) in [6.45, 7) is 4.79. The number of nitrogens with one attached hydrogen (secondary N) is 1. The predicted molar refractivity (Wildman–Crippen MR) is 119 cm³/mol. The fraction of sp³-hybridized carbons (Fsp3) is 0.350. The molecule has 4 nitrogen and oxygen atoms in total. The van der Waals surface area contributed by atoms with Gasteiger partial charge in [-0.05, 0) is 49.4 Å². The Hall–Kier alpha value is -1.17. The second-order valence-electron chi connectivity index (χ2n) is 6.71. The molecule has 1 heterocycles. The number of halogens is 4. The van der Waals surface area contributed by atoms with E-state index in [4.69, 9.17) is 46.4 Å². The van der Waals surface area contributed by atoms with E-state index in [9.17, 15) is 4.79 Å². The maximum absolute atomic E-state index is 12.2. The summed E-state index contributed by atoms with van der Waals surface area (Å²) < 4.78 is 0. The number of hydrogen-bond acceptors (Lipinski definition) is 3. The van der Waals surface area contributed by atoms with E-state index < -0.39 is 0 Å². The molecule has 0 aromatic heterocycles. The number of carbonyl (C=O) groups is 1. The van der Waals surface area contributed by atoms with Crippen molar-refractivity contribution < 1.29 is 4.79 Å². The van der Waals surface area contributed by atoms with Crippen LogP contribution in [-0.4, -0.2) is 43.5 Å². The largest absolute Gasteiger partial charge is 0.369 e. The molecule has 0 radical (unpaired) electrons. The predicted octanol–water partition coefficient (Wildman–Crippen LogP) is 5.84. The minimum absolute atomic E-state index is 0.0609. The zero-order valence-corrected chi connectivity index (χ0v) is 18.3. The number of carbonyl (C=O) groups excluding carboxylic acids is 1. The Bertz CT molecular complexity index is 798. The van der Waals surface area contributed by atoms with Gasteiger partial charge in [0.15, 0.2) is 0 Å². The van der Waals surface area contributed by atoms with E-state index in [1.807, 2.05) is 12.1 Å². The first-order valence-electron chi connectivity index (χ1n) is 9.09. The molecule has 150 valence electrons. The maximum Gasteiger partial charge on any atom is 0.224 e. The monoisotopic (exact) mass is 459 g/mol. The summed E-state index contributed by atoms with van der Waals surface area (Å²) in [6.07, 6.45) is 1.23. The summed E-state index contributed by atoms with van der Waals surface area (Å²) >= 11 is 23.8. The van der Waals surface area contributed by atoms with Gasteiger partial charge in [0, 0.05) is 49.0 Å². The highest BCUT2D eigenvalue weighted by molar-refractivity contribution is 6.48. The van der Waals surface area contributed by atoms with Crippen LogP contribution >= 0.6 is 46.4 Å². The lowest BCUT2D eigenvalue weighted by Gasteiger charge is -2.36. The third-order valence-corrected chi connectivity index (χ3v) is 6.16. The van der Waals surface area contributed by atoms with Crippen molar-refractivity contribution in [3.8, 4) is 0 Å². The first kappa shape index (κ1) is 21.5. The third-order valence-electron chi connectivity index (χ3n) is 4.71. The molecule has 0 spiro atoms. The quantitative estimate of drug-likeness (QED) is 0.550. The molecule has 1 fully saturated rings. The normalized spacial score (nSPS) is 14.9. The molecule has 3 rings (SSSR count). The standard InChI is InChI=1S/C20H21Cl4N3O/c21-14-3-5-16(6-4-14)27-10-8-26(9-11-27)7-1-2-19(28)25-15-12-17(22)20(24)18(23)13-15/h3-6,12-13H,1-2,7-11H2,(H,25,28). The molecule has 0 saturated carbocycles. The average molecular weight is 461 g/mol. The Labute approximate surface area is 185 Å². The van der Waals surface area contributed by atoms with Crippen molar-refractivity contribution >= 4 is 63.7 Å². The maximum atomic E-state index is 12.2. The number of piperazine rings is 1. The van der Waals surface area contributed by atoms with E-state index in [0.717, 1.165) is 44.2 Å². The van der Waals surface area contributed by atoms with Crippen LogP contribution < -0.4 is 10.2 Å². The van der Waals surface area contributed by atoms with Crippen molar-refractivity contribution in [1.29, 1.82) is 0 Å². The Kier molecular flexibility index (Phi) is 7.72. The van der Waals surface area contributed by atoms with Gasteiger partial charge in [0.25, 0.3) is 0 Å². The minimum Gasteiger partial charge on any atom is -0.369 e. The molecular formula is C20H21Cl4N3O. The van der Waals surface area contributed by atoms with Gasteiger partial charge in [0.1, 0.15) is 0 Å². The number of amides is 1. The molecule has 2 aromatic rings. The molecule has 1 amide bonds. The summed E-state index contributed by atoms with van der Waals surface area (Å²) in [5.74, 6) is -0.0609. The Morgan fingerprint density at radius 1 is 0.929 bits per heavy atom. The molecular weight excluding hydrogens is 440 g/mol. The molecule has 8 heteroatoms. The number of anilines is 2. The molecule has 0 bridgehead atoms.